The van der Waals surface area contributed by atoms with Crippen LogP contribution in [0.25, 0.3) is 0 Å². The minimum Gasteiger partial charge on any atom is -0.350 e. The molecule has 1 saturated carbocycles. The number of nitrogens with zero attached hydrogens (tertiary/aromatic N) is 1. The van der Waals surface area contributed by atoms with Crippen molar-refractivity contribution in [3.63, 3.8) is 0 Å². The average molecular weight is 262 g/mol. The third-order valence-corrected chi connectivity index (χ3v) is 3.69. The second kappa shape index (κ2) is 6.04. The first kappa shape index (κ1) is 13.8. The van der Waals surface area contributed by atoms with Gasteiger partial charge in [0.05, 0.1) is 0 Å². The zero-order valence-electron chi connectivity index (χ0n) is 11.5. The number of hydrazine groups is 1. The minimum absolute atomic E-state index is 0.0420. The molecule has 1 amide bonds. The molecule has 0 radical (unpaired) electrons. The summed E-state index contributed by atoms with van der Waals surface area (Å²) in [5.41, 5.74) is 3.98. The highest BCUT2D eigenvalue weighted by Crippen LogP contribution is 2.26. The van der Waals surface area contributed by atoms with Gasteiger partial charge in [-0.05, 0) is 51.1 Å². The van der Waals surface area contributed by atoms with Crippen LogP contribution in [0.1, 0.15) is 30.1 Å². The van der Waals surface area contributed by atoms with Gasteiger partial charge in [0.25, 0.3) is 5.91 Å². The Labute approximate surface area is 114 Å². The third kappa shape index (κ3) is 3.68. The maximum atomic E-state index is 12.0. The lowest BCUT2D eigenvalue weighted by Crippen LogP contribution is -2.41. The second-order valence-corrected chi connectivity index (χ2v) is 5.18. The van der Waals surface area contributed by atoms with Crippen molar-refractivity contribution in [2.75, 3.05) is 19.0 Å². The SMILES string of the molecule is CC(CNC(=O)c1ccc(NN)cc1)N(C)C1CC1. The predicted molar refractivity (Wildman–Crippen MR) is 76.8 cm³/mol. The average Bonchev–Trinajstić information content (AvgIpc) is 3.28. The highest BCUT2D eigenvalue weighted by Gasteiger charge is 2.29. The third-order valence-electron chi connectivity index (χ3n) is 3.69. The lowest BCUT2D eigenvalue weighted by molar-refractivity contribution is 0.0939. The predicted octanol–water partition coefficient (Wildman–Crippen LogP) is 1.18. The molecule has 104 valence electrons. The standard InChI is InChI=1S/C14H22N4O/c1-10(18(2)13-7-8-13)9-16-14(19)11-3-5-12(17-15)6-4-11/h3-6,10,13,17H,7-9,15H2,1-2H3,(H,16,19). The van der Waals surface area contributed by atoms with Gasteiger partial charge in [0.2, 0.25) is 0 Å². The molecule has 1 unspecified atom stereocenters. The van der Waals surface area contributed by atoms with Crippen molar-refractivity contribution in [3.05, 3.63) is 29.8 Å². The van der Waals surface area contributed by atoms with Crippen LogP contribution in [0, 0.1) is 0 Å². The Morgan fingerprint density at radius 3 is 2.58 bits per heavy atom. The number of nitrogen functional groups attached to an aromatic ring is 1. The highest BCUT2D eigenvalue weighted by molar-refractivity contribution is 5.94. The molecule has 0 aliphatic heterocycles. The van der Waals surface area contributed by atoms with Crippen molar-refractivity contribution in [1.82, 2.24) is 10.2 Å². The molecular formula is C14H22N4O. The number of rotatable bonds is 6. The number of hydrogen-bond acceptors (Lipinski definition) is 4. The molecule has 1 fully saturated rings. The van der Waals surface area contributed by atoms with Gasteiger partial charge in [-0.1, -0.05) is 0 Å². The molecule has 1 aromatic rings. The van der Waals surface area contributed by atoms with Gasteiger partial charge in [0, 0.05) is 29.9 Å². The quantitative estimate of drug-likeness (QED) is 0.532. The van der Waals surface area contributed by atoms with Crippen LogP contribution < -0.4 is 16.6 Å². The van der Waals surface area contributed by atoms with E-state index in [9.17, 15) is 4.79 Å². The van der Waals surface area contributed by atoms with E-state index in [4.69, 9.17) is 5.84 Å². The van der Waals surface area contributed by atoms with Gasteiger partial charge < -0.3 is 10.7 Å². The molecule has 5 heteroatoms. The topological polar surface area (TPSA) is 70.4 Å². The Balaban J connectivity index is 1.82. The molecule has 0 spiro atoms. The summed E-state index contributed by atoms with van der Waals surface area (Å²) in [6.45, 7) is 2.81. The van der Waals surface area contributed by atoms with E-state index in [0.717, 1.165) is 5.69 Å². The largest absolute Gasteiger partial charge is 0.350 e. The van der Waals surface area contributed by atoms with Crippen molar-refractivity contribution in [3.8, 4) is 0 Å². The summed E-state index contributed by atoms with van der Waals surface area (Å²) in [5.74, 6) is 5.24. The Kier molecular flexibility index (Phi) is 4.39. The molecule has 2 rings (SSSR count). The number of nitrogens with two attached hydrogens (primary N) is 1. The van der Waals surface area contributed by atoms with Gasteiger partial charge in [-0.3, -0.25) is 15.5 Å². The molecule has 5 nitrogen and oxygen atoms in total. The first-order valence-electron chi connectivity index (χ1n) is 6.68. The first-order valence-corrected chi connectivity index (χ1v) is 6.68. The number of nitrogens with one attached hydrogen (secondary N) is 2. The van der Waals surface area contributed by atoms with Crippen molar-refractivity contribution in [2.24, 2.45) is 5.84 Å². The summed E-state index contributed by atoms with van der Waals surface area (Å²) < 4.78 is 0. The summed E-state index contributed by atoms with van der Waals surface area (Å²) >= 11 is 0. The van der Waals surface area contributed by atoms with Crippen LogP contribution in [-0.4, -0.2) is 36.5 Å². The van der Waals surface area contributed by atoms with E-state index in [-0.39, 0.29) is 5.91 Å². The number of amides is 1. The van der Waals surface area contributed by atoms with Gasteiger partial charge >= 0.3 is 0 Å². The summed E-state index contributed by atoms with van der Waals surface area (Å²) in [7, 11) is 2.12. The van der Waals surface area contributed by atoms with Gasteiger partial charge in [0.1, 0.15) is 0 Å². The number of anilines is 1. The molecule has 0 aromatic heterocycles. The van der Waals surface area contributed by atoms with Crippen LogP contribution >= 0.6 is 0 Å². The van der Waals surface area contributed by atoms with Crippen molar-refractivity contribution in [1.29, 1.82) is 0 Å². The smallest absolute Gasteiger partial charge is 0.251 e. The molecule has 1 aromatic carbocycles. The van der Waals surface area contributed by atoms with Gasteiger partial charge in [-0.2, -0.15) is 0 Å². The van der Waals surface area contributed by atoms with E-state index in [1.807, 2.05) is 0 Å². The Bertz CT molecular complexity index is 428. The van der Waals surface area contributed by atoms with Crippen LogP contribution in [0.5, 0.6) is 0 Å². The summed E-state index contributed by atoms with van der Waals surface area (Å²) in [4.78, 5) is 14.3. The molecular weight excluding hydrogens is 240 g/mol. The summed E-state index contributed by atoms with van der Waals surface area (Å²) in [6.07, 6.45) is 2.56. The Hall–Kier alpha value is -1.59. The summed E-state index contributed by atoms with van der Waals surface area (Å²) in [5, 5.41) is 2.97. The van der Waals surface area contributed by atoms with Gasteiger partial charge in [0.15, 0.2) is 0 Å². The van der Waals surface area contributed by atoms with E-state index >= 15 is 0 Å². The summed E-state index contributed by atoms with van der Waals surface area (Å²) in [6, 6.07) is 8.17. The zero-order chi connectivity index (χ0) is 13.8. The van der Waals surface area contributed by atoms with Crippen molar-refractivity contribution < 1.29 is 4.79 Å². The van der Waals surface area contributed by atoms with E-state index < -0.39 is 0 Å². The van der Waals surface area contributed by atoms with Crippen molar-refractivity contribution >= 4 is 11.6 Å². The first-order chi connectivity index (χ1) is 9.11. The number of carbonyl (C=O) groups excluding carboxylic acids is 1. The fourth-order valence-electron chi connectivity index (χ4n) is 2.05. The number of carbonyl (C=O) groups is 1. The van der Waals surface area contributed by atoms with Gasteiger partial charge in [-0.15, -0.1) is 0 Å². The highest BCUT2D eigenvalue weighted by atomic mass is 16.1. The van der Waals surface area contributed by atoms with Crippen LogP contribution in [-0.2, 0) is 0 Å². The molecule has 19 heavy (non-hydrogen) atoms. The molecule has 0 bridgehead atoms. The molecule has 1 aliphatic rings. The number of benzene rings is 1. The fraction of sp³-hybridized carbons (Fsp3) is 0.500. The molecule has 1 aliphatic carbocycles. The maximum absolute atomic E-state index is 12.0. The van der Waals surface area contributed by atoms with Crippen molar-refractivity contribution in [2.45, 2.75) is 31.8 Å². The second-order valence-electron chi connectivity index (χ2n) is 5.18. The Morgan fingerprint density at radius 2 is 2.05 bits per heavy atom. The van der Waals surface area contributed by atoms with E-state index in [2.05, 4.69) is 29.6 Å². The number of likely N-dealkylation sites (N-methyl/N-ethyl adjacent to an activating group) is 1. The Morgan fingerprint density at radius 1 is 1.42 bits per heavy atom. The maximum Gasteiger partial charge on any atom is 0.251 e. The van der Waals surface area contributed by atoms with E-state index in [1.165, 1.54) is 12.8 Å². The molecule has 0 saturated heterocycles. The lowest BCUT2D eigenvalue weighted by Gasteiger charge is -2.24. The van der Waals surface area contributed by atoms with E-state index in [1.54, 1.807) is 24.3 Å². The molecule has 0 heterocycles. The zero-order valence-corrected chi connectivity index (χ0v) is 11.5. The normalized spacial score (nSPS) is 16.2. The van der Waals surface area contributed by atoms with Gasteiger partial charge in [-0.25, -0.2) is 0 Å². The lowest BCUT2D eigenvalue weighted by atomic mass is 10.2. The van der Waals surface area contributed by atoms with Crippen LogP contribution in [0.15, 0.2) is 24.3 Å². The molecule has 1 atom stereocenters. The van der Waals surface area contributed by atoms with E-state index in [0.29, 0.717) is 24.2 Å². The minimum atomic E-state index is -0.0420. The van der Waals surface area contributed by atoms with Crippen LogP contribution in [0.3, 0.4) is 0 Å². The van der Waals surface area contributed by atoms with Crippen LogP contribution in [0.2, 0.25) is 0 Å². The van der Waals surface area contributed by atoms with Crippen LogP contribution in [0.4, 0.5) is 5.69 Å². The fourth-order valence-corrected chi connectivity index (χ4v) is 2.05. The number of hydrogen-bond donors (Lipinski definition) is 3. The molecule has 4 N–H and O–H groups in total. The monoisotopic (exact) mass is 262 g/mol.